The summed E-state index contributed by atoms with van der Waals surface area (Å²) in [5.41, 5.74) is 1.54. The van der Waals surface area contributed by atoms with Crippen molar-refractivity contribution in [1.29, 1.82) is 0 Å². The fourth-order valence-electron chi connectivity index (χ4n) is 12.2. The maximum Gasteiger partial charge on any atom is 0.416 e. The summed E-state index contributed by atoms with van der Waals surface area (Å²) in [6, 6.07) is 65.3. The van der Waals surface area contributed by atoms with E-state index in [2.05, 4.69) is 0 Å². The second kappa shape index (κ2) is 23.0. The Labute approximate surface area is 536 Å². The maximum absolute atomic E-state index is 14.6. The molecule has 0 aliphatic carbocycles. The third-order valence-corrected chi connectivity index (χ3v) is 16.7. The molecule has 0 atom stereocenters. The second-order valence-electron chi connectivity index (χ2n) is 22.7. The normalized spacial score (nSPS) is 12.4. The summed E-state index contributed by atoms with van der Waals surface area (Å²) in [5, 5.41) is -0.523. The number of hydrogen-bond acceptors (Lipinski definition) is 6. The molecule has 96 heavy (non-hydrogen) atoms. The highest BCUT2D eigenvalue weighted by Gasteiger charge is 2.36. The predicted octanol–water partition coefficient (Wildman–Crippen LogP) is 21.7. The molecule has 0 spiro atoms. The SMILES string of the molecule is FC(F)(F)c1ccc2c(c1)c1cc(C(F)(F)F)ccc1n2-c1ccc(-c2nc(-c3ccccc3)nc(-c3ccccc3)n2)cc1-c1cccc(-c2cc(-c3nc(-c4ccccc4)nc(-c4ccccc4)n3)ccc2-n2c3ccc(C(F)(F)F)cc3c3cc(C(F)(F)F)ccc32)c1. The average Bonchev–Trinajstić information content (AvgIpc) is 1.57. The summed E-state index contributed by atoms with van der Waals surface area (Å²) in [6.07, 6.45) is -19.5. The van der Waals surface area contributed by atoms with E-state index in [1.165, 1.54) is 24.3 Å². The number of alkyl halides is 12. The fourth-order valence-corrected chi connectivity index (χ4v) is 12.2. The quantitative estimate of drug-likeness (QED) is 0.127. The Kier molecular flexibility index (Phi) is 14.5. The molecular formula is C76H42F12N8. The van der Waals surface area contributed by atoms with Crippen LogP contribution in [-0.2, 0) is 24.7 Å². The Balaban J connectivity index is 1.02. The monoisotopic (exact) mass is 1290 g/mol. The number of hydrogen-bond donors (Lipinski definition) is 0. The van der Waals surface area contributed by atoms with Crippen LogP contribution in [0.15, 0.2) is 255 Å². The van der Waals surface area contributed by atoms with Gasteiger partial charge in [0.1, 0.15) is 0 Å². The van der Waals surface area contributed by atoms with Crippen molar-refractivity contribution in [1.82, 2.24) is 39.0 Å². The van der Waals surface area contributed by atoms with Gasteiger partial charge in [0.2, 0.25) is 0 Å². The minimum absolute atomic E-state index is 0.117. The Hall–Kier alpha value is -11.8. The molecule has 11 aromatic carbocycles. The number of rotatable bonds is 10. The van der Waals surface area contributed by atoms with E-state index in [0.29, 0.717) is 78.9 Å². The largest absolute Gasteiger partial charge is 0.416 e. The van der Waals surface area contributed by atoms with Gasteiger partial charge in [-0.3, -0.25) is 0 Å². The van der Waals surface area contributed by atoms with Crippen LogP contribution in [0, 0.1) is 0 Å². The molecule has 0 radical (unpaired) electrons. The van der Waals surface area contributed by atoms with Gasteiger partial charge in [-0.25, -0.2) is 29.9 Å². The molecule has 0 saturated heterocycles. The smallest absolute Gasteiger partial charge is 0.309 e. The molecule has 0 fully saturated rings. The Morgan fingerprint density at radius 3 is 0.698 bits per heavy atom. The Bertz CT molecular complexity index is 4940. The molecule has 20 heteroatoms. The first-order valence-corrected chi connectivity index (χ1v) is 29.7. The van der Waals surface area contributed by atoms with Crippen molar-refractivity contribution in [3.63, 3.8) is 0 Å². The molecule has 15 rings (SSSR count). The van der Waals surface area contributed by atoms with E-state index >= 15 is 0 Å². The summed E-state index contributed by atoms with van der Waals surface area (Å²) in [6.45, 7) is 0. The van der Waals surface area contributed by atoms with Gasteiger partial charge in [-0.15, -0.1) is 0 Å². The van der Waals surface area contributed by atoms with Gasteiger partial charge >= 0.3 is 24.7 Å². The third-order valence-electron chi connectivity index (χ3n) is 16.7. The standard InChI is InChI=1S/C76H42F12N8/c77-73(78,79)51-26-32-63-57(39-51)58-40-52(74(80,81)82)27-33-64(58)95(63)61-30-24-49(71-91-67(43-14-5-1-6-15-43)89-68(92-71)44-16-7-2-8-17-44)37-55(61)47-22-13-23-48(36-47)56-38-50(72-93-69(45-18-9-3-10-19-45)90-70(94-72)46-20-11-4-12-21-46)25-31-62(56)96-65-34-28-53(75(83,84)85)41-59(65)60-42-54(76(86,87)88)29-35-66(60)96/h1-42H. The molecular weight excluding hydrogens is 1250 g/mol. The molecule has 0 aliphatic rings. The van der Waals surface area contributed by atoms with Crippen LogP contribution >= 0.6 is 0 Å². The van der Waals surface area contributed by atoms with E-state index in [0.717, 1.165) is 48.5 Å². The van der Waals surface area contributed by atoms with Gasteiger partial charge in [-0.1, -0.05) is 140 Å². The Morgan fingerprint density at radius 1 is 0.208 bits per heavy atom. The molecule has 8 nitrogen and oxygen atoms in total. The molecule has 15 aromatic rings. The summed E-state index contributed by atoms with van der Waals surface area (Å²) in [4.78, 5) is 29.7. The summed E-state index contributed by atoms with van der Waals surface area (Å²) < 4.78 is 179. The number of benzene rings is 11. The molecule has 4 heterocycles. The lowest BCUT2D eigenvalue weighted by Crippen LogP contribution is -2.05. The average molecular weight is 1300 g/mol. The van der Waals surface area contributed by atoms with E-state index in [1.54, 1.807) is 69.8 Å². The van der Waals surface area contributed by atoms with Crippen LogP contribution in [0.3, 0.4) is 0 Å². The predicted molar refractivity (Wildman–Crippen MR) is 345 cm³/mol. The highest BCUT2D eigenvalue weighted by molar-refractivity contribution is 6.12. The topological polar surface area (TPSA) is 87.2 Å². The first-order chi connectivity index (χ1) is 46.1. The van der Waals surface area contributed by atoms with Crippen LogP contribution in [0.4, 0.5) is 52.7 Å². The molecule has 0 aliphatic heterocycles. The third kappa shape index (κ3) is 11.2. The van der Waals surface area contributed by atoms with Crippen LogP contribution in [0.1, 0.15) is 22.3 Å². The summed E-state index contributed by atoms with van der Waals surface area (Å²) in [7, 11) is 0. The van der Waals surface area contributed by atoms with E-state index < -0.39 is 47.0 Å². The lowest BCUT2D eigenvalue weighted by Gasteiger charge is -2.19. The van der Waals surface area contributed by atoms with E-state index in [9.17, 15) is 52.7 Å². The number of fused-ring (bicyclic) bond motifs is 6. The van der Waals surface area contributed by atoms with Crippen LogP contribution in [0.25, 0.3) is 146 Å². The summed E-state index contributed by atoms with van der Waals surface area (Å²) >= 11 is 0. The van der Waals surface area contributed by atoms with E-state index in [-0.39, 0.29) is 66.6 Å². The van der Waals surface area contributed by atoms with Crippen molar-refractivity contribution in [2.24, 2.45) is 0 Å². The molecule has 0 amide bonds. The van der Waals surface area contributed by atoms with E-state index in [4.69, 9.17) is 29.9 Å². The second-order valence-corrected chi connectivity index (χ2v) is 22.7. The van der Waals surface area contributed by atoms with Crippen molar-refractivity contribution in [3.8, 4) is 102 Å². The summed E-state index contributed by atoms with van der Waals surface area (Å²) in [5.74, 6) is 1.60. The number of aromatic nitrogens is 8. The first-order valence-electron chi connectivity index (χ1n) is 29.7. The van der Waals surface area contributed by atoms with Gasteiger partial charge in [0.05, 0.1) is 55.7 Å². The van der Waals surface area contributed by atoms with Crippen molar-refractivity contribution >= 4 is 43.6 Å². The number of halogens is 12. The van der Waals surface area contributed by atoms with Crippen LogP contribution < -0.4 is 0 Å². The Morgan fingerprint density at radius 2 is 0.448 bits per heavy atom. The molecule has 0 unspecified atom stereocenters. The van der Waals surface area contributed by atoms with Crippen molar-refractivity contribution in [2.45, 2.75) is 24.7 Å². The lowest BCUT2D eigenvalue weighted by molar-refractivity contribution is -0.138. The van der Waals surface area contributed by atoms with Crippen molar-refractivity contribution in [3.05, 3.63) is 277 Å². The zero-order valence-corrected chi connectivity index (χ0v) is 49.4. The number of nitrogens with zero attached hydrogens (tertiary/aromatic N) is 8. The molecule has 470 valence electrons. The molecule has 0 bridgehead atoms. The highest BCUT2D eigenvalue weighted by Crippen LogP contribution is 2.46. The van der Waals surface area contributed by atoms with Crippen molar-refractivity contribution in [2.75, 3.05) is 0 Å². The fraction of sp³-hybridized carbons (Fsp3) is 0.0526. The van der Waals surface area contributed by atoms with Gasteiger partial charge in [0.15, 0.2) is 34.9 Å². The first kappa shape index (κ1) is 60.4. The van der Waals surface area contributed by atoms with Gasteiger partial charge in [-0.05, 0) is 126 Å². The van der Waals surface area contributed by atoms with Gasteiger partial charge in [0, 0.05) is 66.1 Å². The van der Waals surface area contributed by atoms with Crippen LogP contribution in [0.2, 0.25) is 0 Å². The van der Waals surface area contributed by atoms with Crippen molar-refractivity contribution < 1.29 is 52.7 Å². The lowest BCUT2D eigenvalue weighted by atomic mass is 9.94. The molecule has 0 N–H and O–H groups in total. The van der Waals surface area contributed by atoms with Crippen LogP contribution in [-0.4, -0.2) is 39.0 Å². The van der Waals surface area contributed by atoms with Gasteiger partial charge < -0.3 is 9.13 Å². The van der Waals surface area contributed by atoms with Gasteiger partial charge in [0.25, 0.3) is 0 Å². The van der Waals surface area contributed by atoms with Crippen LogP contribution in [0.5, 0.6) is 0 Å². The maximum atomic E-state index is 14.6. The minimum atomic E-state index is -4.88. The molecule has 4 aromatic heterocycles. The van der Waals surface area contributed by atoms with E-state index in [1.807, 2.05) is 121 Å². The highest BCUT2D eigenvalue weighted by atomic mass is 19.4. The zero-order valence-electron chi connectivity index (χ0n) is 49.4. The van der Waals surface area contributed by atoms with Gasteiger partial charge in [-0.2, -0.15) is 52.7 Å². The molecule has 0 saturated carbocycles. The minimum Gasteiger partial charge on any atom is -0.309 e. The zero-order chi connectivity index (χ0) is 66.4.